The molecule has 0 atom stereocenters. The normalized spacial score (nSPS) is 15.2. The molecule has 0 fully saturated rings. The highest BCUT2D eigenvalue weighted by Crippen LogP contribution is 2.50. The molecule has 0 aromatic heterocycles. The molecule has 38 heteroatoms. The molecule has 748 valence electrons. The lowest BCUT2D eigenvalue weighted by atomic mass is 9.99. The Kier molecular flexibility index (Phi) is 24.9. The Morgan fingerprint density at radius 1 is 0.199 bits per heavy atom. The predicted molar refractivity (Wildman–Crippen MR) is 500 cm³/mol. The van der Waals surface area contributed by atoms with Gasteiger partial charge in [-0.2, -0.15) is 52.7 Å². The van der Waals surface area contributed by atoms with Crippen LogP contribution in [0.25, 0.3) is 43.1 Å². The first-order chi connectivity index (χ1) is 69.9. The van der Waals surface area contributed by atoms with Crippen LogP contribution in [0.3, 0.4) is 0 Å². The molecule has 0 bridgehead atoms. The van der Waals surface area contributed by atoms with Crippen LogP contribution in [0.15, 0.2) is 255 Å². The van der Waals surface area contributed by atoms with E-state index in [0.29, 0.717) is 135 Å². The Balaban J connectivity index is 0.000000114. The topological polar surface area (TPSA) is 99.8 Å². The van der Waals surface area contributed by atoms with Gasteiger partial charge in [0.15, 0.2) is 100 Å². The van der Waals surface area contributed by atoms with Gasteiger partial charge in [0.1, 0.15) is 69.0 Å². The fraction of sp³-hybridized carbons (Fsp3) is 0.185. The molecule has 24 rings (SSSR count). The van der Waals surface area contributed by atoms with Crippen molar-refractivity contribution in [2.75, 3.05) is 93.0 Å². The van der Waals surface area contributed by atoms with Gasteiger partial charge in [-0.25, -0.2) is 43.9 Å². The van der Waals surface area contributed by atoms with Crippen molar-refractivity contribution in [1.82, 2.24) is 0 Å². The highest BCUT2D eigenvalue weighted by Gasteiger charge is 2.41. The number of nitrogens with zero attached hydrogens (tertiary/aromatic N) is 8. The van der Waals surface area contributed by atoms with Gasteiger partial charge in [0.25, 0.3) is 0 Å². The van der Waals surface area contributed by atoms with Crippen molar-refractivity contribution < 1.29 is 134 Å². The van der Waals surface area contributed by atoms with Crippen LogP contribution < -0.4 is 77.1 Å². The van der Waals surface area contributed by atoms with Gasteiger partial charge in [0.05, 0.1) is 46.7 Å². The van der Waals surface area contributed by atoms with E-state index in [4.69, 9.17) is 37.9 Å². The van der Waals surface area contributed by atoms with Crippen LogP contribution in [0.1, 0.15) is 66.8 Å². The summed E-state index contributed by atoms with van der Waals surface area (Å²) in [4.78, 5) is 12.8. The van der Waals surface area contributed by atoms with Gasteiger partial charge in [-0.3, -0.25) is 0 Å². The van der Waals surface area contributed by atoms with Crippen molar-refractivity contribution in [3.63, 3.8) is 0 Å². The Morgan fingerprint density at radius 3 is 0.829 bits per heavy atom. The second kappa shape index (κ2) is 37.8. The molecule has 0 saturated heterocycles. The van der Waals surface area contributed by atoms with Crippen molar-refractivity contribution in [3.05, 3.63) is 380 Å². The zero-order valence-corrected chi connectivity index (χ0v) is 75.7. The highest BCUT2D eigenvalue weighted by molar-refractivity contribution is 5.95. The third kappa shape index (κ3) is 19.4. The van der Waals surface area contributed by atoms with Crippen LogP contribution in [0.5, 0.6) is 46.0 Å². The average molecular weight is 2030 g/mol. The van der Waals surface area contributed by atoms with E-state index in [9.17, 15) is 96.6 Å². The van der Waals surface area contributed by atoms with Crippen molar-refractivity contribution >= 4 is 88.6 Å². The first-order valence-corrected chi connectivity index (χ1v) is 45.1. The summed E-state index contributed by atoms with van der Waals surface area (Å²) < 4.78 is 346. The summed E-state index contributed by atoms with van der Waals surface area (Å²) in [5.74, 6) is -4.90. The lowest BCUT2D eigenvalue weighted by Gasteiger charge is -2.34. The lowest BCUT2D eigenvalue weighted by Crippen LogP contribution is -2.34. The fourth-order valence-electron chi connectivity index (χ4n) is 19.0. The lowest BCUT2D eigenvalue weighted by molar-refractivity contribution is -0.138. The van der Waals surface area contributed by atoms with Gasteiger partial charge in [-0.1, -0.05) is 60.7 Å². The van der Waals surface area contributed by atoms with E-state index < -0.39 is 111 Å². The van der Waals surface area contributed by atoms with E-state index in [-0.39, 0.29) is 97.1 Å². The molecule has 0 spiro atoms. The van der Waals surface area contributed by atoms with Gasteiger partial charge in [-0.05, 0) is 190 Å². The fourth-order valence-corrected chi connectivity index (χ4v) is 19.0. The molecule has 8 aliphatic heterocycles. The minimum atomic E-state index is -4.50. The summed E-state index contributed by atoms with van der Waals surface area (Å²) in [6, 6.07) is 60.8. The number of rotatable bonds is 8. The van der Waals surface area contributed by atoms with E-state index in [1.54, 1.807) is 58.3 Å². The summed E-state index contributed by atoms with van der Waals surface area (Å²) in [5, 5.41) is 6.61. The summed E-state index contributed by atoms with van der Waals surface area (Å²) in [5.41, 5.74) is 4.31. The number of benzene rings is 16. The molecule has 16 nitrogen and oxygen atoms in total. The Hall–Kier alpha value is -16.2. The van der Waals surface area contributed by atoms with Crippen LogP contribution in [-0.4, -0.2) is 53.8 Å². The number of fused-ring (bicyclic) bond motifs is 14. The molecule has 0 radical (unpaired) electrons. The zero-order chi connectivity index (χ0) is 102. The molecule has 0 unspecified atom stereocenters. The second-order valence-electron chi connectivity index (χ2n) is 35.5. The molecule has 16 aromatic carbocycles. The quantitative estimate of drug-likeness (QED) is 0.135. The first kappa shape index (κ1) is 96.0. The molecule has 0 N–H and O–H groups in total. The number of alkyl halides is 12. The summed E-state index contributed by atoms with van der Waals surface area (Å²) in [6.07, 6.45) is -17.9. The van der Waals surface area contributed by atoms with Crippen LogP contribution >= 0.6 is 0 Å². The minimum absolute atomic E-state index is 0.0311. The van der Waals surface area contributed by atoms with Crippen molar-refractivity contribution in [1.29, 1.82) is 0 Å². The van der Waals surface area contributed by atoms with Crippen LogP contribution in [0, 0.1) is 58.2 Å². The monoisotopic (exact) mass is 2030 g/mol. The number of para-hydroxylation sites is 2. The standard InChI is InChI=1S/2C28H20F6N2O2.C26H16F6N2O2.C26H18F4N2O2/c29-27(30,31)20-3-1-5-22(11-20)35-13-18-8-7-17-10-25-19(9-24(17)26(18)38-16-35)14-36(15-37-25)23-6-2-4-21(12-23)28(32,33)34;29-27(30,31)21-5-1-3-7-23(21)35-13-19-9-17-10-20-14-36(24-8-4-2-6-22(24)28(32,33)34)16-38-26(20)12-18(17)11-25(19)37-15-35;27-16-5-19(29)24(20(30)6-16)33-9-14-2-1-13-4-23-15(3-18(13)26(14)36-12-33)10-34(11-35-23)25-21(31)7-17(28)8-22(25)32;27-21-3-1-19(9-23(21)29)31-11-17-5-15-6-18-12-32(20-2-4-22(28)24(30)10-20)14-34-26(18)8-16(15)7-25(17)33-13-31/h2*1-12H,13-16H2;1-8H,9-12H2;1-10H,11-14H2. The van der Waals surface area contributed by atoms with E-state index >= 15 is 0 Å². The van der Waals surface area contributed by atoms with Gasteiger partial charge in [0.2, 0.25) is 0 Å². The maximum atomic E-state index is 14.3. The molecule has 8 aliphatic rings. The molecule has 0 saturated carbocycles. The van der Waals surface area contributed by atoms with E-state index in [1.165, 1.54) is 68.1 Å². The Labute approximate surface area is 815 Å². The van der Waals surface area contributed by atoms with Gasteiger partial charge in [-0.15, -0.1) is 0 Å². The molecule has 0 aliphatic carbocycles. The summed E-state index contributed by atoms with van der Waals surface area (Å²) in [7, 11) is 0. The number of hydrogen-bond donors (Lipinski definition) is 0. The molecule has 146 heavy (non-hydrogen) atoms. The molecule has 8 heterocycles. The molecular formula is C108H74F22N8O8. The minimum Gasteiger partial charge on any atom is -0.473 e. The molecule has 16 aromatic rings. The third-order valence-corrected chi connectivity index (χ3v) is 26.0. The van der Waals surface area contributed by atoms with E-state index in [2.05, 4.69) is 0 Å². The first-order valence-electron chi connectivity index (χ1n) is 45.1. The van der Waals surface area contributed by atoms with Crippen LogP contribution in [-0.2, 0) is 77.1 Å². The smallest absolute Gasteiger partial charge is 0.418 e. The van der Waals surface area contributed by atoms with Crippen molar-refractivity contribution in [3.8, 4) is 46.0 Å². The number of anilines is 8. The zero-order valence-electron chi connectivity index (χ0n) is 75.7. The van der Waals surface area contributed by atoms with E-state index in [1.807, 2.05) is 82.6 Å². The molecular weight excluding hydrogens is 1960 g/mol. The predicted octanol–water partition coefficient (Wildman–Crippen LogP) is 27.7. The summed E-state index contributed by atoms with van der Waals surface area (Å²) in [6.45, 7) is 2.46. The molecule has 0 amide bonds. The number of halogens is 22. The highest BCUT2D eigenvalue weighted by atomic mass is 19.4. The Bertz CT molecular complexity index is 7610. The third-order valence-electron chi connectivity index (χ3n) is 26.0. The maximum Gasteiger partial charge on any atom is 0.418 e. The number of hydrogen-bond acceptors (Lipinski definition) is 16. The SMILES string of the molecule is FC(F)(F)c1cccc(N2COc3cc4ccc5c(c4cc3C2)OCN(c2cccc(C(F)(F)F)c2)C5)c1.FC(F)(F)c1ccccc1N1COc2cc3cc4c(cc3cc2C1)CN(c1ccccc1C(F)(F)F)CO4.Fc1cc(F)c(N2COc3cc4ccc5c(c4cc3C2)OCN(c2c(F)cc(F)cc2F)C5)c(F)c1.Fc1ccc(N2COc3cc4cc5c(cc4cc3C2)CN(c2ccc(F)c(F)c2)CO5)cc1F. The van der Waals surface area contributed by atoms with Gasteiger partial charge >= 0.3 is 24.7 Å². The number of ether oxygens (including phenoxy) is 8. The second-order valence-corrected chi connectivity index (χ2v) is 35.5. The van der Waals surface area contributed by atoms with Crippen molar-refractivity contribution in [2.45, 2.75) is 77.1 Å². The summed E-state index contributed by atoms with van der Waals surface area (Å²) >= 11 is 0. The van der Waals surface area contributed by atoms with E-state index in [0.717, 1.165) is 132 Å². The Morgan fingerprint density at radius 2 is 0.479 bits per heavy atom. The largest absolute Gasteiger partial charge is 0.473 e. The maximum absolute atomic E-state index is 14.3. The van der Waals surface area contributed by atoms with Crippen LogP contribution in [0.2, 0.25) is 0 Å². The van der Waals surface area contributed by atoms with Gasteiger partial charge < -0.3 is 77.1 Å². The van der Waals surface area contributed by atoms with Crippen LogP contribution in [0.4, 0.5) is 142 Å². The van der Waals surface area contributed by atoms with Crippen molar-refractivity contribution in [2.24, 2.45) is 0 Å². The van der Waals surface area contributed by atoms with Gasteiger partial charge in [0, 0.05) is 154 Å². The average Bonchev–Trinajstić information content (AvgIpc) is 0.753.